The second-order valence-electron chi connectivity index (χ2n) is 5.56. The van der Waals surface area contributed by atoms with Crippen molar-refractivity contribution in [3.8, 4) is 0 Å². The Hall–Kier alpha value is -2.85. The third kappa shape index (κ3) is 3.80. The molecule has 0 bridgehead atoms. The van der Waals surface area contributed by atoms with Gasteiger partial charge in [-0.2, -0.15) is 0 Å². The number of amides is 2. The Bertz CT molecular complexity index is 850. The van der Waals surface area contributed by atoms with Gasteiger partial charge in [0, 0.05) is 30.5 Å². The number of nitrogens with one attached hydrogen (secondary N) is 2. The highest BCUT2D eigenvalue weighted by molar-refractivity contribution is 7.16. The molecule has 2 heterocycles. The molecule has 0 atom stereocenters. The molecule has 25 heavy (non-hydrogen) atoms. The Morgan fingerprint density at radius 2 is 2.00 bits per heavy atom. The van der Waals surface area contributed by atoms with Crippen molar-refractivity contribution in [3.05, 3.63) is 45.0 Å². The van der Waals surface area contributed by atoms with Crippen molar-refractivity contribution in [3.63, 3.8) is 0 Å². The van der Waals surface area contributed by atoms with Crippen molar-refractivity contribution in [1.29, 1.82) is 0 Å². The van der Waals surface area contributed by atoms with Gasteiger partial charge in [-0.1, -0.05) is 12.1 Å². The lowest BCUT2D eigenvalue weighted by atomic mass is 10.2. The summed E-state index contributed by atoms with van der Waals surface area (Å²) in [4.78, 5) is 41.9. The van der Waals surface area contributed by atoms with E-state index in [1.54, 1.807) is 0 Å². The van der Waals surface area contributed by atoms with Crippen LogP contribution in [0.15, 0.2) is 24.3 Å². The number of carbonyl (C=O) groups excluding carboxylic acids is 2. The molecule has 0 unspecified atom stereocenters. The molecule has 1 aromatic heterocycles. The van der Waals surface area contributed by atoms with E-state index < -0.39 is 16.7 Å². The van der Waals surface area contributed by atoms with Crippen LogP contribution in [0.1, 0.15) is 10.6 Å². The van der Waals surface area contributed by atoms with Crippen LogP contribution < -0.4 is 10.6 Å². The van der Waals surface area contributed by atoms with E-state index in [-0.39, 0.29) is 11.4 Å². The van der Waals surface area contributed by atoms with Gasteiger partial charge in [0.05, 0.1) is 10.6 Å². The van der Waals surface area contributed by atoms with Crippen LogP contribution in [0.2, 0.25) is 0 Å². The number of likely N-dealkylation sites (N-methyl/N-ethyl adjacent to an activating group) is 1. The molecule has 2 N–H and O–H groups in total. The Kier molecular flexibility index (Phi) is 4.72. The number of nitro groups is 1. The predicted octanol–water partition coefficient (Wildman–Crippen LogP) is 1.62. The molecule has 2 aromatic rings. The lowest BCUT2D eigenvalue weighted by molar-refractivity contribution is -0.383. The first kappa shape index (κ1) is 17.0. The van der Waals surface area contributed by atoms with Crippen molar-refractivity contribution in [2.24, 2.45) is 0 Å². The molecule has 2 amide bonds. The van der Waals surface area contributed by atoms with Gasteiger partial charge in [-0.25, -0.2) is 4.98 Å². The molecular formula is C15H15N5O4S. The number of hydrogen-bond acceptors (Lipinski definition) is 7. The fourth-order valence-corrected chi connectivity index (χ4v) is 3.53. The molecule has 1 aliphatic rings. The lowest BCUT2D eigenvalue weighted by Crippen LogP contribution is -2.29. The van der Waals surface area contributed by atoms with Crippen LogP contribution in [-0.2, 0) is 22.6 Å². The Labute approximate surface area is 146 Å². The zero-order valence-electron chi connectivity index (χ0n) is 13.3. The van der Waals surface area contributed by atoms with Gasteiger partial charge < -0.3 is 10.2 Å². The van der Waals surface area contributed by atoms with Crippen molar-refractivity contribution in [1.82, 2.24) is 9.88 Å². The van der Waals surface area contributed by atoms with Crippen LogP contribution >= 0.6 is 11.3 Å². The van der Waals surface area contributed by atoms with E-state index in [2.05, 4.69) is 20.5 Å². The fourth-order valence-electron chi connectivity index (χ4n) is 2.45. The Morgan fingerprint density at radius 1 is 1.28 bits per heavy atom. The largest absolute Gasteiger partial charge is 0.315 e. The summed E-state index contributed by atoms with van der Waals surface area (Å²) in [5.74, 6) is -1.91. The quantitative estimate of drug-likeness (QED) is 0.487. The Morgan fingerprint density at radius 3 is 2.76 bits per heavy atom. The van der Waals surface area contributed by atoms with Crippen molar-refractivity contribution >= 4 is 39.7 Å². The topological polar surface area (TPSA) is 117 Å². The van der Waals surface area contributed by atoms with E-state index in [1.807, 2.05) is 7.05 Å². The van der Waals surface area contributed by atoms with Gasteiger partial charge in [0.15, 0.2) is 5.13 Å². The predicted molar refractivity (Wildman–Crippen MR) is 92.5 cm³/mol. The summed E-state index contributed by atoms with van der Waals surface area (Å²) in [6.45, 7) is 1.65. The maximum atomic E-state index is 12.0. The molecule has 1 aliphatic heterocycles. The highest BCUT2D eigenvalue weighted by atomic mass is 32.1. The lowest BCUT2D eigenvalue weighted by Gasteiger charge is -2.20. The molecule has 0 fully saturated rings. The van der Waals surface area contributed by atoms with Gasteiger partial charge in [0.1, 0.15) is 5.69 Å². The SMILES string of the molecule is CN1CCc2nc(NC(=O)C(=O)Nc3ccccc3[N+](=O)[O-])sc2C1. The number of rotatable bonds is 3. The van der Waals surface area contributed by atoms with Crippen molar-refractivity contribution in [2.75, 3.05) is 24.2 Å². The van der Waals surface area contributed by atoms with E-state index in [0.717, 1.165) is 30.1 Å². The highest BCUT2D eigenvalue weighted by Crippen LogP contribution is 2.28. The first-order valence-corrected chi connectivity index (χ1v) is 8.28. The maximum absolute atomic E-state index is 12.0. The van der Waals surface area contributed by atoms with Crippen LogP contribution in [0.4, 0.5) is 16.5 Å². The summed E-state index contributed by atoms with van der Waals surface area (Å²) in [6, 6.07) is 5.62. The molecule has 1 aromatic carbocycles. The molecule has 0 saturated heterocycles. The minimum Gasteiger partial charge on any atom is -0.312 e. The average molecular weight is 361 g/mol. The van der Waals surface area contributed by atoms with Gasteiger partial charge in [-0.05, 0) is 13.1 Å². The average Bonchev–Trinajstić information content (AvgIpc) is 2.96. The van der Waals surface area contributed by atoms with E-state index in [0.29, 0.717) is 5.13 Å². The fraction of sp³-hybridized carbons (Fsp3) is 0.267. The number of para-hydroxylation sites is 2. The number of hydrogen-bond donors (Lipinski definition) is 2. The normalized spacial score (nSPS) is 13.8. The third-order valence-electron chi connectivity index (χ3n) is 3.70. The van der Waals surface area contributed by atoms with E-state index in [9.17, 15) is 19.7 Å². The van der Waals surface area contributed by atoms with E-state index in [1.165, 1.54) is 35.6 Å². The smallest absolute Gasteiger partial charge is 0.312 e. The zero-order chi connectivity index (χ0) is 18.0. The molecule has 0 aliphatic carbocycles. The molecule has 0 spiro atoms. The number of fused-ring (bicyclic) bond motifs is 1. The summed E-state index contributed by atoms with van der Waals surface area (Å²) in [7, 11) is 2.00. The first-order valence-electron chi connectivity index (χ1n) is 7.47. The van der Waals surface area contributed by atoms with Crippen LogP contribution in [0.5, 0.6) is 0 Å². The molecule has 10 heteroatoms. The van der Waals surface area contributed by atoms with Crippen LogP contribution in [0.3, 0.4) is 0 Å². The van der Waals surface area contributed by atoms with Crippen LogP contribution in [-0.4, -0.2) is 40.2 Å². The van der Waals surface area contributed by atoms with Gasteiger partial charge in [-0.15, -0.1) is 11.3 Å². The Balaban J connectivity index is 1.68. The number of thiazole rings is 1. The highest BCUT2D eigenvalue weighted by Gasteiger charge is 2.23. The van der Waals surface area contributed by atoms with Crippen molar-refractivity contribution in [2.45, 2.75) is 13.0 Å². The first-order chi connectivity index (χ1) is 11.9. The number of nitro benzene ring substituents is 1. The molecule has 0 saturated carbocycles. The van der Waals surface area contributed by atoms with Gasteiger partial charge in [0.25, 0.3) is 5.69 Å². The molecule has 3 rings (SSSR count). The maximum Gasteiger partial charge on any atom is 0.315 e. The molecule has 9 nitrogen and oxygen atoms in total. The molecule has 0 radical (unpaired) electrons. The number of anilines is 2. The second kappa shape index (κ2) is 6.95. The number of benzene rings is 1. The number of nitrogens with zero attached hydrogens (tertiary/aromatic N) is 3. The number of carbonyl (C=O) groups is 2. The van der Waals surface area contributed by atoms with Crippen molar-refractivity contribution < 1.29 is 14.5 Å². The monoisotopic (exact) mass is 361 g/mol. The summed E-state index contributed by atoms with van der Waals surface area (Å²) in [5.41, 5.74) is 0.613. The van der Waals surface area contributed by atoms with E-state index >= 15 is 0 Å². The number of aromatic nitrogens is 1. The van der Waals surface area contributed by atoms with Gasteiger partial charge in [0.2, 0.25) is 0 Å². The standard InChI is InChI=1S/C15H15N5O4S/c1-19-7-6-10-12(8-19)25-15(17-10)18-14(22)13(21)16-9-4-2-3-5-11(9)20(23)24/h2-5H,6-8H2,1H3,(H,16,21)(H,17,18,22). The molecular weight excluding hydrogens is 346 g/mol. The summed E-state index contributed by atoms with van der Waals surface area (Å²) in [5, 5.41) is 16.0. The van der Waals surface area contributed by atoms with Crippen LogP contribution in [0, 0.1) is 10.1 Å². The summed E-state index contributed by atoms with van der Waals surface area (Å²) >= 11 is 1.33. The van der Waals surface area contributed by atoms with E-state index in [4.69, 9.17) is 0 Å². The van der Waals surface area contributed by atoms with Crippen LogP contribution in [0.25, 0.3) is 0 Å². The second-order valence-corrected chi connectivity index (χ2v) is 6.64. The van der Waals surface area contributed by atoms with Gasteiger partial charge >= 0.3 is 11.8 Å². The third-order valence-corrected chi connectivity index (χ3v) is 4.70. The zero-order valence-corrected chi connectivity index (χ0v) is 14.1. The molecule has 130 valence electrons. The summed E-state index contributed by atoms with van der Waals surface area (Å²) in [6.07, 6.45) is 0.792. The summed E-state index contributed by atoms with van der Waals surface area (Å²) < 4.78 is 0. The minimum atomic E-state index is -0.986. The minimum absolute atomic E-state index is 0.0345. The van der Waals surface area contributed by atoms with Gasteiger partial charge in [-0.3, -0.25) is 25.0 Å².